The van der Waals surface area contributed by atoms with Gasteiger partial charge in [0.15, 0.2) is 17.5 Å². The number of halogens is 3. The molecule has 0 saturated carbocycles. The van der Waals surface area contributed by atoms with Crippen molar-refractivity contribution >= 4 is 5.97 Å². The van der Waals surface area contributed by atoms with Gasteiger partial charge >= 0.3 is 5.97 Å². The fraction of sp³-hybridized carbons (Fsp3) is 0.300. The average molecular weight is 234 g/mol. The highest BCUT2D eigenvalue weighted by Crippen LogP contribution is 2.14. The van der Waals surface area contributed by atoms with Crippen LogP contribution in [0.25, 0.3) is 0 Å². The second-order valence-corrected chi connectivity index (χ2v) is 2.88. The van der Waals surface area contributed by atoms with Crippen molar-refractivity contribution in [1.29, 1.82) is 0 Å². The molecule has 0 aliphatic rings. The first-order valence-corrected chi connectivity index (χ1v) is 4.37. The molecule has 1 aromatic carbocycles. The van der Waals surface area contributed by atoms with E-state index in [4.69, 9.17) is 0 Å². The molecule has 3 nitrogen and oxygen atoms in total. The van der Waals surface area contributed by atoms with Crippen molar-refractivity contribution in [2.45, 2.75) is 0 Å². The van der Waals surface area contributed by atoms with Gasteiger partial charge in [-0.2, -0.15) is 0 Å². The van der Waals surface area contributed by atoms with Crippen LogP contribution in [0, 0.1) is 17.5 Å². The molecule has 1 rings (SSSR count). The van der Waals surface area contributed by atoms with Crippen LogP contribution in [0.1, 0.15) is 10.4 Å². The summed E-state index contributed by atoms with van der Waals surface area (Å²) in [5.41, 5.74) is -0.382. The van der Waals surface area contributed by atoms with E-state index in [1.165, 1.54) is 7.11 Å². The molecule has 0 N–H and O–H groups in total. The number of hydrogen-bond acceptors (Lipinski definition) is 3. The zero-order valence-corrected chi connectivity index (χ0v) is 8.43. The van der Waals surface area contributed by atoms with Gasteiger partial charge in [0.05, 0.1) is 12.2 Å². The molecule has 0 saturated heterocycles. The Morgan fingerprint density at radius 1 is 1.19 bits per heavy atom. The Morgan fingerprint density at radius 3 is 2.25 bits per heavy atom. The standard InChI is InChI=1S/C10H9F3O3/c1-15-2-3-16-10(14)6-4-7(11)9(13)8(12)5-6/h4-5H,2-3H2,1H3. The first kappa shape index (κ1) is 12.5. The summed E-state index contributed by atoms with van der Waals surface area (Å²) in [6.07, 6.45) is 0. The lowest BCUT2D eigenvalue weighted by atomic mass is 10.2. The van der Waals surface area contributed by atoms with Crippen LogP contribution in [0.3, 0.4) is 0 Å². The zero-order valence-electron chi connectivity index (χ0n) is 8.43. The largest absolute Gasteiger partial charge is 0.460 e. The van der Waals surface area contributed by atoms with Crippen molar-refractivity contribution in [3.8, 4) is 0 Å². The molecule has 0 bridgehead atoms. The molecule has 0 unspecified atom stereocenters. The Bertz CT molecular complexity index is 370. The monoisotopic (exact) mass is 234 g/mol. The molecular weight excluding hydrogens is 225 g/mol. The number of ether oxygens (including phenoxy) is 2. The predicted molar refractivity (Wildman–Crippen MR) is 48.5 cm³/mol. The first-order valence-electron chi connectivity index (χ1n) is 4.37. The number of benzene rings is 1. The molecule has 0 amide bonds. The molecule has 88 valence electrons. The van der Waals surface area contributed by atoms with Crippen LogP contribution in [-0.4, -0.2) is 26.3 Å². The van der Waals surface area contributed by atoms with Crippen molar-refractivity contribution in [2.75, 3.05) is 20.3 Å². The molecule has 16 heavy (non-hydrogen) atoms. The maximum absolute atomic E-state index is 12.7. The summed E-state index contributed by atoms with van der Waals surface area (Å²) in [5, 5.41) is 0. The van der Waals surface area contributed by atoms with Gasteiger partial charge in [-0.05, 0) is 12.1 Å². The molecule has 0 aliphatic carbocycles. The van der Waals surface area contributed by atoms with Crippen LogP contribution >= 0.6 is 0 Å². The quantitative estimate of drug-likeness (QED) is 0.453. The number of carbonyl (C=O) groups is 1. The number of esters is 1. The van der Waals surface area contributed by atoms with E-state index < -0.39 is 23.4 Å². The van der Waals surface area contributed by atoms with Gasteiger partial charge in [0.1, 0.15) is 6.61 Å². The summed E-state index contributed by atoms with van der Waals surface area (Å²) in [6, 6.07) is 1.15. The molecule has 0 aliphatic heterocycles. The number of hydrogen-bond donors (Lipinski definition) is 0. The van der Waals surface area contributed by atoms with Crippen LogP contribution in [0.4, 0.5) is 13.2 Å². The lowest BCUT2D eigenvalue weighted by Crippen LogP contribution is -2.11. The van der Waals surface area contributed by atoms with E-state index in [0.717, 1.165) is 0 Å². The van der Waals surface area contributed by atoms with E-state index in [2.05, 4.69) is 9.47 Å². The molecular formula is C10H9F3O3. The first-order chi connectivity index (χ1) is 7.56. The van der Waals surface area contributed by atoms with E-state index in [1.807, 2.05) is 0 Å². The third-order valence-corrected chi connectivity index (χ3v) is 1.74. The van der Waals surface area contributed by atoms with Gasteiger partial charge < -0.3 is 9.47 Å². The fourth-order valence-corrected chi connectivity index (χ4v) is 0.974. The van der Waals surface area contributed by atoms with E-state index >= 15 is 0 Å². The van der Waals surface area contributed by atoms with Crippen molar-refractivity contribution in [2.24, 2.45) is 0 Å². The minimum Gasteiger partial charge on any atom is -0.460 e. The highest BCUT2D eigenvalue weighted by Gasteiger charge is 2.15. The summed E-state index contributed by atoms with van der Waals surface area (Å²) in [4.78, 5) is 11.2. The lowest BCUT2D eigenvalue weighted by molar-refractivity contribution is 0.0387. The maximum atomic E-state index is 12.7. The van der Waals surface area contributed by atoms with Gasteiger partial charge in [-0.3, -0.25) is 0 Å². The second-order valence-electron chi connectivity index (χ2n) is 2.88. The van der Waals surface area contributed by atoms with Gasteiger partial charge in [0, 0.05) is 7.11 Å². The molecule has 1 aromatic rings. The van der Waals surface area contributed by atoms with Crippen molar-refractivity contribution in [3.05, 3.63) is 35.1 Å². The van der Waals surface area contributed by atoms with E-state index in [9.17, 15) is 18.0 Å². The third kappa shape index (κ3) is 2.96. The van der Waals surface area contributed by atoms with Crippen LogP contribution in [0.5, 0.6) is 0 Å². The van der Waals surface area contributed by atoms with Crippen molar-refractivity contribution in [3.63, 3.8) is 0 Å². The number of carbonyl (C=O) groups excluding carboxylic acids is 1. The summed E-state index contributed by atoms with van der Waals surface area (Å²) < 4.78 is 47.2. The topological polar surface area (TPSA) is 35.5 Å². The van der Waals surface area contributed by atoms with Crippen molar-refractivity contribution < 1.29 is 27.4 Å². The Kier molecular flexibility index (Phi) is 4.30. The molecule has 0 fully saturated rings. The fourth-order valence-electron chi connectivity index (χ4n) is 0.974. The third-order valence-electron chi connectivity index (χ3n) is 1.74. The summed E-state index contributed by atoms with van der Waals surface area (Å²) in [5.74, 6) is -5.42. The molecule has 6 heteroatoms. The van der Waals surface area contributed by atoms with Gasteiger partial charge in [-0.1, -0.05) is 0 Å². The maximum Gasteiger partial charge on any atom is 0.338 e. The van der Waals surface area contributed by atoms with Crippen LogP contribution in [-0.2, 0) is 9.47 Å². The SMILES string of the molecule is COCCOC(=O)c1cc(F)c(F)c(F)c1. The molecule has 0 radical (unpaired) electrons. The summed E-state index contributed by atoms with van der Waals surface area (Å²) >= 11 is 0. The van der Waals surface area contributed by atoms with Gasteiger partial charge in [0.2, 0.25) is 0 Å². The van der Waals surface area contributed by atoms with Gasteiger partial charge in [-0.15, -0.1) is 0 Å². The Hall–Kier alpha value is -1.56. The average Bonchev–Trinajstić information content (AvgIpc) is 2.25. The Balaban J connectivity index is 2.76. The van der Waals surface area contributed by atoms with Crippen LogP contribution < -0.4 is 0 Å². The minimum absolute atomic E-state index is 0.0457. The molecule has 0 spiro atoms. The van der Waals surface area contributed by atoms with Crippen LogP contribution in [0.15, 0.2) is 12.1 Å². The van der Waals surface area contributed by atoms with Gasteiger partial charge in [-0.25, -0.2) is 18.0 Å². The predicted octanol–water partition coefficient (Wildman–Crippen LogP) is 1.91. The molecule has 0 heterocycles. The highest BCUT2D eigenvalue weighted by molar-refractivity contribution is 5.89. The number of rotatable bonds is 4. The van der Waals surface area contributed by atoms with E-state index in [-0.39, 0.29) is 18.8 Å². The normalized spacial score (nSPS) is 10.2. The van der Waals surface area contributed by atoms with Crippen molar-refractivity contribution in [1.82, 2.24) is 0 Å². The second kappa shape index (κ2) is 5.50. The Labute approximate surface area is 89.8 Å². The smallest absolute Gasteiger partial charge is 0.338 e. The summed E-state index contributed by atoms with van der Waals surface area (Å²) in [7, 11) is 1.41. The zero-order chi connectivity index (χ0) is 12.1. The number of methoxy groups -OCH3 is 1. The lowest BCUT2D eigenvalue weighted by Gasteiger charge is -2.04. The highest BCUT2D eigenvalue weighted by atomic mass is 19.2. The van der Waals surface area contributed by atoms with E-state index in [1.54, 1.807) is 0 Å². The Morgan fingerprint density at radius 2 is 1.75 bits per heavy atom. The minimum atomic E-state index is -1.62. The molecule has 0 aromatic heterocycles. The van der Waals surface area contributed by atoms with E-state index in [0.29, 0.717) is 12.1 Å². The molecule has 0 atom stereocenters. The van der Waals surface area contributed by atoms with Gasteiger partial charge in [0.25, 0.3) is 0 Å². The summed E-state index contributed by atoms with van der Waals surface area (Å²) in [6.45, 7) is 0.119. The van der Waals surface area contributed by atoms with Crippen LogP contribution in [0.2, 0.25) is 0 Å².